The molecule has 0 N–H and O–H groups in total. The van der Waals surface area contributed by atoms with Crippen molar-refractivity contribution in [3.63, 3.8) is 0 Å². The normalized spacial score (nSPS) is 37.6. The Morgan fingerprint density at radius 3 is 2.70 bits per heavy atom. The van der Waals surface area contributed by atoms with Crippen LogP contribution in [0.3, 0.4) is 0 Å². The number of fused-ring (bicyclic) bond motifs is 5. The molecule has 0 aliphatic heterocycles. The van der Waals surface area contributed by atoms with Gasteiger partial charge in [-0.2, -0.15) is 0 Å². The topological polar surface area (TPSA) is 43.4 Å². The molecule has 3 nitrogen and oxygen atoms in total. The van der Waals surface area contributed by atoms with Crippen LogP contribution in [0.1, 0.15) is 70.3 Å². The maximum atomic E-state index is 12.6. The number of esters is 1. The average Bonchev–Trinajstić information content (AvgIpc) is 3.09. The van der Waals surface area contributed by atoms with Crippen molar-refractivity contribution in [3.05, 3.63) is 47.5 Å². The summed E-state index contributed by atoms with van der Waals surface area (Å²) < 4.78 is 6.11. The minimum Gasteiger partial charge on any atom is -0.462 e. The Hall–Kier alpha value is -1.90. The van der Waals surface area contributed by atoms with Crippen molar-refractivity contribution in [2.45, 2.75) is 77.2 Å². The molecule has 0 heterocycles. The first-order valence-corrected chi connectivity index (χ1v) is 12.0. The lowest BCUT2D eigenvalue weighted by atomic mass is 9.52. The maximum Gasteiger partial charge on any atom is 0.306 e. The van der Waals surface area contributed by atoms with Gasteiger partial charge >= 0.3 is 5.97 Å². The Labute approximate surface area is 180 Å². The van der Waals surface area contributed by atoms with Crippen molar-refractivity contribution < 1.29 is 14.3 Å². The summed E-state index contributed by atoms with van der Waals surface area (Å²) in [6.45, 7) is 2.39. The van der Waals surface area contributed by atoms with Crippen molar-refractivity contribution in [2.75, 3.05) is 0 Å². The van der Waals surface area contributed by atoms with Crippen LogP contribution >= 0.6 is 0 Å². The van der Waals surface area contributed by atoms with Crippen LogP contribution in [0, 0.1) is 29.1 Å². The molecular weight excluding hydrogens is 372 g/mol. The van der Waals surface area contributed by atoms with Crippen LogP contribution in [-0.4, -0.2) is 17.9 Å². The van der Waals surface area contributed by atoms with E-state index in [9.17, 15) is 9.59 Å². The highest BCUT2D eigenvalue weighted by atomic mass is 16.5. The Kier molecular flexibility index (Phi) is 5.33. The molecule has 3 fully saturated rings. The number of allylic oxidation sites excluding steroid dienone is 1. The molecule has 4 aliphatic rings. The van der Waals surface area contributed by atoms with Gasteiger partial charge in [0, 0.05) is 18.3 Å². The predicted octanol–water partition coefficient (Wildman–Crippen LogP) is 5.67. The molecular formula is C27H34O3. The molecule has 3 saturated carbocycles. The second kappa shape index (κ2) is 7.98. The van der Waals surface area contributed by atoms with Gasteiger partial charge in [-0.3, -0.25) is 9.59 Å². The number of carbonyl (C=O) groups is 2. The van der Waals surface area contributed by atoms with E-state index in [2.05, 4.69) is 19.1 Å². The van der Waals surface area contributed by atoms with Gasteiger partial charge in [0.1, 0.15) is 6.10 Å². The first-order valence-electron chi connectivity index (χ1n) is 12.0. The summed E-state index contributed by atoms with van der Waals surface area (Å²) in [5.74, 6) is 3.09. The molecule has 5 rings (SSSR count). The van der Waals surface area contributed by atoms with Crippen molar-refractivity contribution in [3.8, 4) is 0 Å². The quantitative estimate of drug-likeness (QED) is 0.605. The highest BCUT2D eigenvalue weighted by Gasteiger charge is 2.57. The molecule has 1 aromatic rings. The molecule has 0 bridgehead atoms. The van der Waals surface area contributed by atoms with E-state index in [-0.39, 0.29) is 17.5 Å². The highest BCUT2D eigenvalue weighted by molar-refractivity contribution is 5.91. The SMILES string of the molecule is C[C@@]12CC[C@@H]3[C@H](CCC4=CC(=O)CC[C@H]43)[C@H]1CC[C@H]2OC(=O)CCc1ccccc1. The van der Waals surface area contributed by atoms with E-state index in [1.807, 2.05) is 24.3 Å². The summed E-state index contributed by atoms with van der Waals surface area (Å²) in [7, 11) is 0. The van der Waals surface area contributed by atoms with Crippen molar-refractivity contribution in [1.82, 2.24) is 0 Å². The van der Waals surface area contributed by atoms with Crippen LogP contribution in [0.4, 0.5) is 0 Å². The van der Waals surface area contributed by atoms with Gasteiger partial charge < -0.3 is 4.74 Å². The standard InChI is InChI=1S/C27H34O3/c1-27-16-15-22-21-11-9-20(28)17-19(21)8-10-23(22)24(27)12-13-25(27)30-26(29)14-7-18-5-3-2-4-6-18/h2-6,17,21-25H,7-16H2,1H3/t21-,22+,23+,24-,25-,27-/m1/s1. The van der Waals surface area contributed by atoms with Gasteiger partial charge in [0.2, 0.25) is 0 Å². The Morgan fingerprint density at radius 1 is 1.03 bits per heavy atom. The number of carbonyl (C=O) groups excluding carboxylic acids is 2. The molecule has 0 spiro atoms. The molecule has 30 heavy (non-hydrogen) atoms. The van der Waals surface area contributed by atoms with Crippen LogP contribution < -0.4 is 0 Å². The largest absolute Gasteiger partial charge is 0.462 e. The fourth-order valence-electron chi connectivity index (χ4n) is 7.43. The van der Waals surface area contributed by atoms with E-state index in [0.717, 1.165) is 50.4 Å². The summed E-state index contributed by atoms with van der Waals surface area (Å²) in [6.07, 6.45) is 12.0. The molecule has 0 unspecified atom stereocenters. The lowest BCUT2D eigenvalue weighted by Crippen LogP contribution is -2.48. The molecule has 1 aromatic carbocycles. The van der Waals surface area contributed by atoms with Crippen LogP contribution in [-0.2, 0) is 20.7 Å². The lowest BCUT2D eigenvalue weighted by molar-refractivity contribution is -0.158. The fraction of sp³-hybridized carbons (Fsp3) is 0.630. The minimum atomic E-state index is -0.0347. The zero-order valence-corrected chi connectivity index (χ0v) is 18.1. The Balaban J connectivity index is 1.23. The second-order valence-electron chi connectivity index (χ2n) is 10.4. The molecule has 0 aromatic heterocycles. The van der Waals surface area contributed by atoms with Gasteiger partial charge in [0.15, 0.2) is 5.78 Å². The third-order valence-electron chi connectivity index (χ3n) is 8.95. The van der Waals surface area contributed by atoms with E-state index >= 15 is 0 Å². The predicted molar refractivity (Wildman–Crippen MR) is 117 cm³/mol. The average molecular weight is 407 g/mol. The van der Waals surface area contributed by atoms with E-state index in [1.165, 1.54) is 30.4 Å². The van der Waals surface area contributed by atoms with Crippen molar-refractivity contribution in [2.24, 2.45) is 29.1 Å². The fourth-order valence-corrected chi connectivity index (χ4v) is 7.43. The van der Waals surface area contributed by atoms with E-state index < -0.39 is 0 Å². The van der Waals surface area contributed by atoms with E-state index in [4.69, 9.17) is 4.74 Å². The molecule has 4 aliphatic carbocycles. The molecule has 6 atom stereocenters. The number of benzene rings is 1. The molecule has 0 amide bonds. The maximum absolute atomic E-state index is 12.6. The molecule has 0 radical (unpaired) electrons. The van der Waals surface area contributed by atoms with Gasteiger partial charge in [-0.15, -0.1) is 0 Å². The third-order valence-corrected chi connectivity index (χ3v) is 8.95. The smallest absolute Gasteiger partial charge is 0.306 e. The van der Waals surface area contributed by atoms with Crippen LogP contribution in [0.2, 0.25) is 0 Å². The van der Waals surface area contributed by atoms with E-state index in [0.29, 0.717) is 24.0 Å². The summed E-state index contributed by atoms with van der Waals surface area (Å²) >= 11 is 0. The number of aryl methyl sites for hydroxylation is 1. The summed E-state index contributed by atoms with van der Waals surface area (Å²) in [5.41, 5.74) is 2.77. The number of rotatable bonds is 4. The van der Waals surface area contributed by atoms with Gasteiger partial charge in [0.05, 0.1) is 0 Å². The van der Waals surface area contributed by atoms with E-state index in [1.54, 1.807) is 0 Å². The van der Waals surface area contributed by atoms with Gasteiger partial charge in [-0.1, -0.05) is 42.8 Å². The van der Waals surface area contributed by atoms with Gasteiger partial charge in [0.25, 0.3) is 0 Å². The van der Waals surface area contributed by atoms with Crippen LogP contribution in [0.5, 0.6) is 0 Å². The summed E-state index contributed by atoms with van der Waals surface area (Å²) in [6, 6.07) is 10.2. The number of ketones is 1. The molecule has 0 saturated heterocycles. The number of hydrogen-bond acceptors (Lipinski definition) is 3. The first kappa shape index (κ1) is 20.0. The van der Waals surface area contributed by atoms with Crippen molar-refractivity contribution in [1.29, 1.82) is 0 Å². The van der Waals surface area contributed by atoms with Crippen molar-refractivity contribution >= 4 is 11.8 Å². The minimum absolute atomic E-state index is 0.0347. The number of hydrogen-bond donors (Lipinski definition) is 0. The number of ether oxygens (including phenoxy) is 1. The van der Waals surface area contributed by atoms with Gasteiger partial charge in [-0.25, -0.2) is 0 Å². The molecule has 3 heteroatoms. The zero-order valence-electron chi connectivity index (χ0n) is 18.1. The highest BCUT2D eigenvalue weighted by Crippen LogP contribution is 2.62. The van der Waals surface area contributed by atoms with Gasteiger partial charge in [-0.05, 0) is 86.7 Å². The summed E-state index contributed by atoms with van der Waals surface area (Å²) in [4.78, 5) is 24.5. The third kappa shape index (κ3) is 3.55. The Bertz CT molecular complexity index is 841. The molecule has 160 valence electrons. The second-order valence-corrected chi connectivity index (χ2v) is 10.4. The monoisotopic (exact) mass is 406 g/mol. The Morgan fingerprint density at radius 2 is 1.87 bits per heavy atom. The zero-order chi connectivity index (χ0) is 20.7. The van der Waals surface area contributed by atoms with Crippen LogP contribution in [0.15, 0.2) is 42.0 Å². The first-order chi connectivity index (χ1) is 14.5. The summed E-state index contributed by atoms with van der Waals surface area (Å²) in [5, 5.41) is 0. The lowest BCUT2D eigenvalue weighted by Gasteiger charge is -2.53. The van der Waals surface area contributed by atoms with Crippen LogP contribution in [0.25, 0.3) is 0 Å².